The van der Waals surface area contributed by atoms with Gasteiger partial charge in [0.05, 0.1) is 13.2 Å². The van der Waals surface area contributed by atoms with Crippen LogP contribution in [0.3, 0.4) is 0 Å². The van der Waals surface area contributed by atoms with Gasteiger partial charge in [-0.2, -0.15) is 13.2 Å². The van der Waals surface area contributed by atoms with Crippen LogP contribution in [0, 0.1) is 0 Å². The molecule has 1 heterocycles. The second-order valence-corrected chi connectivity index (χ2v) is 4.91. The van der Waals surface area contributed by atoms with E-state index in [0.29, 0.717) is 5.69 Å². The summed E-state index contributed by atoms with van der Waals surface area (Å²) >= 11 is 0. The summed E-state index contributed by atoms with van der Waals surface area (Å²) in [5.41, 5.74) is 0.362. The number of hydrogen-bond donors (Lipinski definition) is 1. The molecule has 0 spiro atoms. The monoisotopic (exact) mass is 328 g/mol. The van der Waals surface area contributed by atoms with Gasteiger partial charge in [-0.25, -0.2) is 0 Å². The quantitative estimate of drug-likeness (QED) is 0.866. The summed E-state index contributed by atoms with van der Waals surface area (Å²) < 4.78 is 43.9. The highest BCUT2D eigenvalue weighted by molar-refractivity contribution is 6.00. The molecule has 0 unspecified atom stereocenters. The molecule has 1 fully saturated rings. The van der Waals surface area contributed by atoms with Crippen LogP contribution < -0.4 is 5.32 Å². The molecule has 5 nitrogen and oxygen atoms in total. The molecule has 0 aromatic heterocycles. The van der Waals surface area contributed by atoms with Crippen LogP contribution in [0.4, 0.5) is 18.9 Å². The zero-order valence-electron chi connectivity index (χ0n) is 12.1. The number of benzene rings is 1. The lowest BCUT2D eigenvalue weighted by Gasteiger charge is -2.36. The maximum Gasteiger partial charge on any atom is 0.411 e. The second kappa shape index (κ2) is 6.82. The standard InChI is InChI=1S/C15H15F3N2O3/c1-2-13(21)19-11-5-3-4-10(8-11)14(22)20-6-7-23-9-12(20)15(16,17)18/h2-5,8,12H,1,6-7,9H2,(H,19,21)/t12-/m1/s1. The van der Waals surface area contributed by atoms with E-state index in [1.807, 2.05) is 0 Å². The maximum atomic E-state index is 13.0. The third-order valence-electron chi connectivity index (χ3n) is 3.33. The average Bonchev–Trinajstić information content (AvgIpc) is 2.53. The topological polar surface area (TPSA) is 58.6 Å². The van der Waals surface area contributed by atoms with Gasteiger partial charge >= 0.3 is 6.18 Å². The number of ether oxygens (including phenoxy) is 1. The molecule has 2 rings (SSSR count). The van der Waals surface area contributed by atoms with E-state index in [1.54, 1.807) is 0 Å². The first-order valence-electron chi connectivity index (χ1n) is 6.82. The summed E-state index contributed by atoms with van der Waals surface area (Å²) in [4.78, 5) is 24.4. The van der Waals surface area contributed by atoms with E-state index < -0.39 is 30.6 Å². The number of amides is 2. The molecule has 0 aliphatic carbocycles. The Balaban J connectivity index is 2.23. The molecule has 23 heavy (non-hydrogen) atoms. The van der Waals surface area contributed by atoms with Gasteiger partial charge in [-0.3, -0.25) is 9.59 Å². The lowest BCUT2D eigenvalue weighted by atomic mass is 10.1. The van der Waals surface area contributed by atoms with Gasteiger partial charge in [0.25, 0.3) is 5.91 Å². The molecule has 1 atom stereocenters. The SMILES string of the molecule is C=CC(=O)Nc1cccc(C(=O)N2CCOC[C@@H]2C(F)(F)F)c1. The molecule has 1 aliphatic rings. The first-order valence-corrected chi connectivity index (χ1v) is 6.82. The van der Waals surface area contributed by atoms with Gasteiger partial charge in [0, 0.05) is 17.8 Å². The molecule has 0 bridgehead atoms. The van der Waals surface area contributed by atoms with Crippen molar-refractivity contribution in [3.05, 3.63) is 42.5 Å². The van der Waals surface area contributed by atoms with E-state index in [9.17, 15) is 22.8 Å². The molecule has 0 saturated carbocycles. The van der Waals surface area contributed by atoms with Gasteiger partial charge in [0.2, 0.25) is 5.91 Å². The van der Waals surface area contributed by atoms with Crippen LogP contribution in [0.15, 0.2) is 36.9 Å². The molecule has 1 aliphatic heterocycles. The van der Waals surface area contributed by atoms with Gasteiger partial charge < -0.3 is 15.0 Å². The van der Waals surface area contributed by atoms with Crippen molar-refractivity contribution < 1.29 is 27.5 Å². The van der Waals surface area contributed by atoms with Crippen molar-refractivity contribution in [3.63, 3.8) is 0 Å². The Morgan fingerprint density at radius 1 is 1.39 bits per heavy atom. The molecule has 1 N–H and O–H groups in total. The fourth-order valence-electron chi connectivity index (χ4n) is 2.21. The number of alkyl halides is 3. The van der Waals surface area contributed by atoms with Crippen molar-refractivity contribution in [2.75, 3.05) is 25.1 Å². The molecular weight excluding hydrogens is 313 g/mol. The number of rotatable bonds is 3. The minimum absolute atomic E-state index is 0.0468. The molecule has 1 saturated heterocycles. The van der Waals surface area contributed by atoms with E-state index in [1.165, 1.54) is 24.3 Å². The van der Waals surface area contributed by atoms with Gasteiger partial charge in [-0.1, -0.05) is 12.6 Å². The van der Waals surface area contributed by atoms with E-state index in [-0.39, 0.29) is 18.7 Å². The van der Waals surface area contributed by atoms with Crippen molar-refractivity contribution in [1.29, 1.82) is 0 Å². The highest BCUT2D eigenvalue weighted by Gasteiger charge is 2.47. The molecule has 8 heteroatoms. The highest BCUT2D eigenvalue weighted by Crippen LogP contribution is 2.28. The molecule has 0 radical (unpaired) electrons. The van der Waals surface area contributed by atoms with Gasteiger partial charge in [-0.15, -0.1) is 0 Å². The minimum atomic E-state index is -4.56. The first-order chi connectivity index (χ1) is 10.8. The van der Waals surface area contributed by atoms with E-state index in [4.69, 9.17) is 4.74 Å². The largest absolute Gasteiger partial charge is 0.411 e. The van der Waals surface area contributed by atoms with Crippen LogP contribution in [-0.4, -0.2) is 48.7 Å². The fourth-order valence-corrected chi connectivity index (χ4v) is 2.21. The van der Waals surface area contributed by atoms with Crippen LogP contribution in [-0.2, 0) is 9.53 Å². The number of morpholine rings is 1. The van der Waals surface area contributed by atoms with Crippen LogP contribution in [0.1, 0.15) is 10.4 Å². The number of anilines is 1. The van der Waals surface area contributed by atoms with Crippen molar-refractivity contribution in [1.82, 2.24) is 4.90 Å². The Kier molecular flexibility index (Phi) is 5.05. The molecule has 2 amide bonds. The summed E-state index contributed by atoms with van der Waals surface area (Å²) in [5.74, 6) is -1.24. The van der Waals surface area contributed by atoms with E-state index >= 15 is 0 Å². The van der Waals surface area contributed by atoms with Crippen molar-refractivity contribution in [2.45, 2.75) is 12.2 Å². The van der Waals surface area contributed by atoms with E-state index in [0.717, 1.165) is 11.0 Å². The second-order valence-electron chi connectivity index (χ2n) is 4.91. The lowest BCUT2D eigenvalue weighted by Crippen LogP contribution is -2.55. The molecule has 124 valence electrons. The Morgan fingerprint density at radius 3 is 2.78 bits per heavy atom. The summed E-state index contributed by atoms with van der Waals surface area (Å²) in [7, 11) is 0. The number of nitrogens with one attached hydrogen (secondary N) is 1. The third-order valence-corrected chi connectivity index (χ3v) is 3.33. The summed E-state index contributed by atoms with van der Waals surface area (Å²) in [6.45, 7) is 2.62. The summed E-state index contributed by atoms with van der Waals surface area (Å²) in [5, 5.41) is 2.46. The molecular formula is C15H15F3N2O3. The summed E-state index contributed by atoms with van der Waals surface area (Å²) in [6, 6.07) is 3.75. The normalized spacial score (nSPS) is 18.4. The predicted molar refractivity (Wildman–Crippen MR) is 77.0 cm³/mol. The average molecular weight is 328 g/mol. The molecule has 1 aromatic carbocycles. The zero-order chi connectivity index (χ0) is 17.0. The first kappa shape index (κ1) is 17.0. The van der Waals surface area contributed by atoms with Crippen molar-refractivity contribution in [3.8, 4) is 0 Å². The maximum absolute atomic E-state index is 13.0. The van der Waals surface area contributed by atoms with Crippen LogP contribution >= 0.6 is 0 Å². The van der Waals surface area contributed by atoms with Crippen LogP contribution in [0.5, 0.6) is 0 Å². The number of hydrogen-bond acceptors (Lipinski definition) is 3. The smallest absolute Gasteiger partial charge is 0.377 e. The Hall–Kier alpha value is -2.35. The lowest BCUT2D eigenvalue weighted by molar-refractivity contribution is -0.202. The van der Waals surface area contributed by atoms with E-state index in [2.05, 4.69) is 11.9 Å². The number of carbonyl (C=O) groups is 2. The predicted octanol–water partition coefficient (Wildman–Crippen LogP) is 2.21. The fraction of sp³-hybridized carbons (Fsp3) is 0.333. The Bertz CT molecular complexity index is 616. The number of halogens is 3. The minimum Gasteiger partial charge on any atom is -0.377 e. The van der Waals surface area contributed by atoms with Gasteiger partial charge in [0.1, 0.15) is 0 Å². The van der Waals surface area contributed by atoms with Crippen LogP contribution in [0.2, 0.25) is 0 Å². The van der Waals surface area contributed by atoms with Crippen molar-refractivity contribution in [2.24, 2.45) is 0 Å². The third kappa shape index (κ3) is 4.10. The highest BCUT2D eigenvalue weighted by atomic mass is 19.4. The number of nitrogens with zero attached hydrogens (tertiary/aromatic N) is 1. The van der Waals surface area contributed by atoms with Crippen LogP contribution in [0.25, 0.3) is 0 Å². The molecule has 1 aromatic rings. The number of carbonyl (C=O) groups excluding carboxylic acids is 2. The Labute approximate surface area is 130 Å². The Morgan fingerprint density at radius 2 is 2.13 bits per heavy atom. The van der Waals surface area contributed by atoms with Crippen molar-refractivity contribution >= 4 is 17.5 Å². The zero-order valence-corrected chi connectivity index (χ0v) is 12.1. The van der Waals surface area contributed by atoms with Gasteiger partial charge in [-0.05, 0) is 24.3 Å². The van der Waals surface area contributed by atoms with Gasteiger partial charge in [0.15, 0.2) is 6.04 Å². The summed E-state index contributed by atoms with van der Waals surface area (Å²) in [6.07, 6.45) is -3.51.